The molecular weight excluding hydrogens is 126 g/mol. The summed E-state index contributed by atoms with van der Waals surface area (Å²) < 4.78 is 0. The molecule has 0 aliphatic carbocycles. The molecule has 0 aromatic rings. The Morgan fingerprint density at radius 3 is 2.40 bits per heavy atom. The van der Waals surface area contributed by atoms with Gasteiger partial charge in [0, 0.05) is 12.6 Å². The van der Waals surface area contributed by atoms with E-state index >= 15 is 0 Å². The Labute approximate surface area is 62.6 Å². The van der Waals surface area contributed by atoms with E-state index in [9.17, 15) is 5.11 Å². The second-order valence-corrected chi connectivity index (χ2v) is 3.52. The normalized spacial score (nSPS) is 49.2. The molecule has 10 heavy (non-hydrogen) atoms. The van der Waals surface area contributed by atoms with E-state index in [1.807, 2.05) is 0 Å². The van der Waals surface area contributed by atoms with E-state index < -0.39 is 0 Å². The highest BCUT2D eigenvalue weighted by Gasteiger charge is 2.29. The molecule has 0 radical (unpaired) electrons. The molecule has 1 aliphatic rings. The molecule has 1 aliphatic heterocycles. The van der Waals surface area contributed by atoms with Gasteiger partial charge in [-0.15, -0.1) is 0 Å². The van der Waals surface area contributed by atoms with Gasteiger partial charge in [0.05, 0.1) is 6.10 Å². The molecule has 0 amide bonds. The number of aliphatic hydroxyl groups excluding tert-OH is 1. The lowest BCUT2D eigenvalue weighted by Gasteiger charge is -2.36. The first kappa shape index (κ1) is 8.02. The monoisotopic (exact) mass is 143 g/mol. The fourth-order valence-electron chi connectivity index (χ4n) is 1.49. The van der Waals surface area contributed by atoms with Crippen LogP contribution in [0.15, 0.2) is 0 Å². The van der Waals surface area contributed by atoms with Crippen LogP contribution in [0.5, 0.6) is 0 Å². The number of piperidine rings is 1. The van der Waals surface area contributed by atoms with Crippen molar-refractivity contribution in [3.8, 4) is 0 Å². The van der Waals surface area contributed by atoms with E-state index in [0.717, 1.165) is 6.54 Å². The summed E-state index contributed by atoms with van der Waals surface area (Å²) >= 11 is 0. The van der Waals surface area contributed by atoms with Crippen LogP contribution in [0.25, 0.3) is 0 Å². The minimum Gasteiger partial charge on any atom is -0.392 e. The molecule has 2 heteroatoms. The molecule has 4 atom stereocenters. The largest absolute Gasteiger partial charge is 0.392 e. The number of nitrogens with one attached hydrogen (secondary N) is 1. The lowest BCUT2D eigenvalue weighted by molar-refractivity contribution is 0.0234. The predicted octanol–water partition coefficient (Wildman–Crippen LogP) is 0.611. The van der Waals surface area contributed by atoms with E-state index in [1.165, 1.54) is 0 Å². The van der Waals surface area contributed by atoms with Gasteiger partial charge in [0.1, 0.15) is 0 Å². The Kier molecular flexibility index (Phi) is 2.32. The molecule has 0 bridgehead atoms. The first-order valence-electron chi connectivity index (χ1n) is 4.04. The van der Waals surface area contributed by atoms with Crippen LogP contribution in [-0.2, 0) is 0 Å². The van der Waals surface area contributed by atoms with Gasteiger partial charge in [0.2, 0.25) is 0 Å². The van der Waals surface area contributed by atoms with Crippen molar-refractivity contribution in [2.45, 2.75) is 32.9 Å². The molecule has 0 saturated carbocycles. The van der Waals surface area contributed by atoms with E-state index in [0.29, 0.717) is 17.9 Å². The van der Waals surface area contributed by atoms with E-state index in [4.69, 9.17) is 0 Å². The van der Waals surface area contributed by atoms with Crippen molar-refractivity contribution in [1.29, 1.82) is 0 Å². The minimum atomic E-state index is -0.115. The van der Waals surface area contributed by atoms with Crippen molar-refractivity contribution in [1.82, 2.24) is 5.32 Å². The van der Waals surface area contributed by atoms with Gasteiger partial charge in [0.15, 0.2) is 0 Å². The molecule has 1 saturated heterocycles. The number of hydrogen-bond acceptors (Lipinski definition) is 2. The summed E-state index contributed by atoms with van der Waals surface area (Å²) in [5.41, 5.74) is 0. The molecule has 0 aromatic heterocycles. The third-order valence-corrected chi connectivity index (χ3v) is 2.67. The Balaban J connectivity index is 2.52. The molecule has 2 nitrogen and oxygen atoms in total. The minimum absolute atomic E-state index is 0.115. The first-order valence-corrected chi connectivity index (χ1v) is 4.04. The molecule has 4 unspecified atom stereocenters. The smallest absolute Gasteiger partial charge is 0.0618 e. The van der Waals surface area contributed by atoms with Gasteiger partial charge in [-0.25, -0.2) is 0 Å². The summed E-state index contributed by atoms with van der Waals surface area (Å²) in [5, 5.41) is 12.9. The molecule has 2 N–H and O–H groups in total. The molecule has 1 rings (SSSR count). The van der Waals surface area contributed by atoms with Crippen molar-refractivity contribution in [3.05, 3.63) is 0 Å². The van der Waals surface area contributed by atoms with Crippen LogP contribution in [0.3, 0.4) is 0 Å². The standard InChI is InChI=1S/C8H17NO/c1-5-4-9-7(3)6(2)8(5)10/h5-10H,4H2,1-3H3. The van der Waals surface area contributed by atoms with Crippen LogP contribution in [-0.4, -0.2) is 23.8 Å². The topological polar surface area (TPSA) is 32.3 Å². The van der Waals surface area contributed by atoms with Gasteiger partial charge in [-0.1, -0.05) is 13.8 Å². The highest BCUT2D eigenvalue weighted by Crippen LogP contribution is 2.20. The van der Waals surface area contributed by atoms with Gasteiger partial charge in [-0.05, 0) is 18.8 Å². The Bertz CT molecular complexity index is 102. The second-order valence-electron chi connectivity index (χ2n) is 3.52. The summed E-state index contributed by atoms with van der Waals surface area (Å²) in [7, 11) is 0. The lowest BCUT2D eigenvalue weighted by Crippen LogP contribution is -2.50. The van der Waals surface area contributed by atoms with Crippen molar-refractivity contribution in [3.63, 3.8) is 0 Å². The van der Waals surface area contributed by atoms with Crippen LogP contribution in [0.2, 0.25) is 0 Å². The fraction of sp³-hybridized carbons (Fsp3) is 1.00. The van der Waals surface area contributed by atoms with Crippen LogP contribution in [0, 0.1) is 11.8 Å². The summed E-state index contributed by atoms with van der Waals surface area (Å²) in [4.78, 5) is 0. The van der Waals surface area contributed by atoms with Crippen molar-refractivity contribution in [2.24, 2.45) is 11.8 Å². The number of hydrogen-bond donors (Lipinski definition) is 2. The van der Waals surface area contributed by atoms with Crippen molar-refractivity contribution in [2.75, 3.05) is 6.54 Å². The zero-order chi connectivity index (χ0) is 7.72. The van der Waals surface area contributed by atoms with E-state index in [-0.39, 0.29) is 6.10 Å². The summed E-state index contributed by atoms with van der Waals surface area (Å²) in [5.74, 6) is 0.801. The SMILES string of the molecule is CC1CNC(C)C(C)C1O. The van der Waals surface area contributed by atoms with Gasteiger partial charge in [0.25, 0.3) is 0 Å². The molecule has 1 fully saturated rings. The zero-order valence-corrected chi connectivity index (χ0v) is 6.96. The Hall–Kier alpha value is -0.0800. The average Bonchev–Trinajstić information content (AvgIpc) is 1.93. The maximum absolute atomic E-state index is 9.58. The number of aliphatic hydroxyl groups is 1. The summed E-state index contributed by atoms with van der Waals surface area (Å²) in [6.07, 6.45) is -0.115. The quantitative estimate of drug-likeness (QED) is 0.521. The molecule has 60 valence electrons. The van der Waals surface area contributed by atoms with Crippen LogP contribution < -0.4 is 5.32 Å². The number of rotatable bonds is 0. The van der Waals surface area contributed by atoms with Crippen molar-refractivity contribution >= 4 is 0 Å². The fourth-order valence-corrected chi connectivity index (χ4v) is 1.49. The zero-order valence-electron chi connectivity index (χ0n) is 6.96. The predicted molar refractivity (Wildman–Crippen MR) is 41.8 cm³/mol. The molecule has 0 aromatic carbocycles. The molecule has 0 spiro atoms. The average molecular weight is 143 g/mol. The maximum Gasteiger partial charge on any atom is 0.0618 e. The Morgan fingerprint density at radius 2 is 1.90 bits per heavy atom. The summed E-state index contributed by atoms with van der Waals surface area (Å²) in [6, 6.07) is 0.464. The highest BCUT2D eigenvalue weighted by atomic mass is 16.3. The molecule has 1 heterocycles. The first-order chi connectivity index (χ1) is 4.63. The van der Waals surface area contributed by atoms with E-state index in [1.54, 1.807) is 0 Å². The van der Waals surface area contributed by atoms with Crippen LogP contribution >= 0.6 is 0 Å². The summed E-state index contributed by atoms with van der Waals surface area (Å²) in [6.45, 7) is 7.25. The van der Waals surface area contributed by atoms with Crippen molar-refractivity contribution < 1.29 is 5.11 Å². The van der Waals surface area contributed by atoms with Gasteiger partial charge in [-0.2, -0.15) is 0 Å². The maximum atomic E-state index is 9.58. The van der Waals surface area contributed by atoms with E-state index in [2.05, 4.69) is 26.1 Å². The molecular formula is C8H17NO. The third kappa shape index (κ3) is 1.32. The second kappa shape index (κ2) is 2.89. The third-order valence-electron chi connectivity index (χ3n) is 2.67. The van der Waals surface area contributed by atoms with Gasteiger partial charge >= 0.3 is 0 Å². The Morgan fingerprint density at radius 1 is 1.30 bits per heavy atom. The lowest BCUT2D eigenvalue weighted by atomic mass is 9.85. The van der Waals surface area contributed by atoms with Gasteiger partial charge in [-0.3, -0.25) is 0 Å². The van der Waals surface area contributed by atoms with Crippen LogP contribution in [0.1, 0.15) is 20.8 Å². The highest BCUT2D eigenvalue weighted by molar-refractivity contribution is 4.85. The van der Waals surface area contributed by atoms with Crippen LogP contribution in [0.4, 0.5) is 0 Å². The van der Waals surface area contributed by atoms with Gasteiger partial charge < -0.3 is 10.4 Å².